The van der Waals surface area contributed by atoms with Crippen molar-refractivity contribution in [3.8, 4) is 5.75 Å². The van der Waals surface area contributed by atoms with Crippen molar-refractivity contribution in [2.45, 2.75) is 26.4 Å². The summed E-state index contributed by atoms with van der Waals surface area (Å²) in [4.78, 5) is 0. The maximum atomic E-state index is 5.90. The van der Waals surface area contributed by atoms with Crippen molar-refractivity contribution < 1.29 is 4.74 Å². The largest absolute Gasteiger partial charge is 0.487 e. The van der Waals surface area contributed by atoms with E-state index in [9.17, 15) is 0 Å². The van der Waals surface area contributed by atoms with Crippen LogP contribution in [0.25, 0.3) is 0 Å². The lowest BCUT2D eigenvalue weighted by molar-refractivity contribution is 0.134. The van der Waals surface area contributed by atoms with Gasteiger partial charge in [-0.25, -0.2) is 0 Å². The number of alkyl halides is 1. The number of ether oxygens (including phenoxy) is 1. The normalized spacial score (nSPS) is 11.5. The zero-order chi connectivity index (χ0) is 10.8. The van der Waals surface area contributed by atoms with Crippen LogP contribution in [0.4, 0.5) is 0 Å². The molecule has 0 atom stereocenters. The molecular weight excluding hydrogens is 219 g/mol. The van der Waals surface area contributed by atoms with Crippen LogP contribution in [0.5, 0.6) is 5.75 Å². The second-order valence-electron chi connectivity index (χ2n) is 3.91. The second kappa shape index (κ2) is 4.41. The van der Waals surface area contributed by atoms with Crippen molar-refractivity contribution in [1.29, 1.82) is 0 Å². The third-order valence-corrected chi connectivity index (χ3v) is 2.91. The van der Waals surface area contributed by atoms with Gasteiger partial charge in [-0.2, -0.15) is 0 Å². The standard InChI is InChI=1S/C11H14Cl2O/c1-8-6-9(4-5-10(8)13)14-11(2,3)7-12/h4-6H,7H2,1-3H3. The number of hydrogen-bond acceptors (Lipinski definition) is 1. The first-order chi connectivity index (χ1) is 6.44. The van der Waals surface area contributed by atoms with Gasteiger partial charge in [-0.15, -0.1) is 11.6 Å². The Labute approximate surface area is 95.0 Å². The summed E-state index contributed by atoms with van der Waals surface area (Å²) >= 11 is 11.7. The molecule has 78 valence electrons. The molecule has 0 unspecified atom stereocenters. The van der Waals surface area contributed by atoms with Gasteiger partial charge in [-0.3, -0.25) is 0 Å². The molecule has 0 saturated heterocycles. The van der Waals surface area contributed by atoms with E-state index in [-0.39, 0.29) is 5.60 Å². The van der Waals surface area contributed by atoms with Gasteiger partial charge < -0.3 is 4.74 Å². The van der Waals surface area contributed by atoms with Crippen LogP contribution in [0.15, 0.2) is 18.2 Å². The summed E-state index contributed by atoms with van der Waals surface area (Å²) in [6.45, 7) is 5.84. The first kappa shape index (κ1) is 11.7. The van der Waals surface area contributed by atoms with Crippen molar-refractivity contribution in [2.75, 3.05) is 5.88 Å². The van der Waals surface area contributed by atoms with E-state index < -0.39 is 0 Å². The first-order valence-electron chi connectivity index (χ1n) is 4.46. The number of aryl methyl sites for hydroxylation is 1. The van der Waals surface area contributed by atoms with E-state index in [0.717, 1.165) is 16.3 Å². The molecule has 0 bridgehead atoms. The van der Waals surface area contributed by atoms with E-state index in [1.807, 2.05) is 39.0 Å². The molecule has 0 aliphatic rings. The van der Waals surface area contributed by atoms with Gasteiger partial charge in [-0.1, -0.05) is 11.6 Å². The Kier molecular flexibility index (Phi) is 3.68. The summed E-state index contributed by atoms with van der Waals surface area (Å²) in [6, 6.07) is 5.59. The molecule has 1 rings (SSSR count). The van der Waals surface area contributed by atoms with Crippen LogP contribution < -0.4 is 4.74 Å². The average molecular weight is 233 g/mol. The molecule has 1 aromatic carbocycles. The predicted octanol–water partition coefficient (Wildman–Crippen LogP) is 4.04. The summed E-state index contributed by atoms with van der Waals surface area (Å²) in [5.74, 6) is 1.26. The van der Waals surface area contributed by atoms with E-state index in [2.05, 4.69) is 0 Å². The van der Waals surface area contributed by atoms with Crippen LogP contribution >= 0.6 is 23.2 Å². The maximum absolute atomic E-state index is 5.90. The average Bonchev–Trinajstić information content (AvgIpc) is 2.11. The number of rotatable bonds is 3. The molecule has 0 aromatic heterocycles. The Hall–Kier alpha value is -0.400. The summed E-state index contributed by atoms with van der Waals surface area (Å²) in [5, 5.41) is 0.751. The third kappa shape index (κ3) is 3.07. The van der Waals surface area contributed by atoms with Crippen LogP contribution in [-0.2, 0) is 0 Å². The van der Waals surface area contributed by atoms with Crippen molar-refractivity contribution in [2.24, 2.45) is 0 Å². The fourth-order valence-electron chi connectivity index (χ4n) is 1.03. The van der Waals surface area contributed by atoms with Gasteiger partial charge in [0.2, 0.25) is 0 Å². The topological polar surface area (TPSA) is 9.23 Å². The van der Waals surface area contributed by atoms with Crippen molar-refractivity contribution >= 4 is 23.2 Å². The Morgan fingerprint density at radius 1 is 1.36 bits per heavy atom. The minimum Gasteiger partial charge on any atom is -0.487 e. The molecule has 0 N–H and O–H groups in total. The summed E-state index contributed by atoms with van der Waals surface area (Å²) in [6.07, 6.45) is 0. The first-order valence-corrected chi connectivity index (χ1v) is 5.37. The van der Waals surface area contributed by atoms with Crippen LogP contribution in [0.2, 0.25) is 5.02 Å². The van der Waals surface area contributed by atoms with Crippen LogP contribution in [0.1, 0.15) is 19.4 Å². The molecule has 0 heterocycles. The molecule has 1 nitrogen and oxygen atoms in total. The van der Waals surface area contributed by atoms with Crippen molar-refractivity contribution in [1.82, 2.24) is 0 Å². The summed E-state index contributed by atoms with van der Waals surface area (Å²) in [7, 11) is 0. The Morgan fingerprint density at radius 3 is 2.50 bits per heavy atom. The zero-order valence-corrected chi connectivity index (χ0v) is 10.1. The van der Waals surface area contributed by atoms with E-state index in [1.165, 1.54) is 0 Å². The van der Waals surface area contributed by atoms with Crippen LogP contribution in [-0.4, -0.2) is 11.5 Å². The molecule has 0 aliphatic heterocycles. The number of halogens is 2. The number of benzene rings is 1. The summed E-state index contributed by atoms with van der Waals surface area (Å²) in [5.41, 5.74) is 0.663. The summed E-state index contributed by atoms with van der Waals surface area (Å²) < 4.78 is 5.70. The minimum absolute atomic E-state index is 0.345. The molecular formula is C11H14Cl2O. The highest BCUT2D eigenvalue weighted by Gasteiger charge is 2.18. The molecule has 0 aliphatic carbocycles. The van der Waals surface area contributed by atoms with Crippen LogP contribution in [0, 0.1) is 6.92 Å². The smallest absolute Gasteiger partial charge is 0.120 e. The SMILES string of the molecule is Cc1cc(OC(C)(C)CCl)ccc1Cl. The van der Waals surface area contributed by atoms with Gasteiger partial charge in [-0.05, 0) is 44.5 Å². The fraction of sp³-hybridized carbons (Fsp3) is 0.455. The lowest BCUT2D eigenvalue weighted by Gasteiger charge is -2.24. The highest BCUT2D eigenvalue weighted by Crippen LogP contribution is 2.24. The lowest BCUT2D eigenvalue weighted by Crippen LogP contribution is -2.30. The molecule has 1 aromatic rings. The zero-order valence-electron chi connectivity index (χ0n) is 8.60. The lowest BCUT2D eigenvalue weighted by atomic mass is 10.1. The van der Waals surface area contributed by atoms with E-state index in [4.69, 9.17) is 27.9 Å². The monoisotopic (exact) mass is 232 g/mol. The van der Waals surface area contributed by atoms with Crippen molar-refractivity contribution in [3.05, 3.63) is 28.8 Å². The fourth-order valence-corrected chi connectivity index (χ4v) is 1.20. The Morgan fingerprint density at radius 2 is 2.00 bits per heavy atom. The minimum atomic E-state index is -0.345. The Balaban J connectivity index is 2.83. The quantitative estimate of drug-likeness (QED) is 0.715. The second-order valence-corrected chi connectivity index (χ2v) is 4.58. The molecule has 0 radical (unpaired) electrons. The molecule has 0 fully saturated rings. The molecule has 0 saturated carbocycles. The molecule has 3 heteroatoms. The highest BCUT2D eigenvalue weighted by atomic mass is 35.5. The molecule has 14 heavy (non-hydrogen) atoms. The van der Waals surface area contributed by atoms with Gasteiger partial charge in [0.05, 0.1) is 5.88 Å². The molecule has 0 spiro atoms. The van der Waals surface area contributed by atoms with Gasteiger partial charge in [0.1, 0.15) is 11.4 Å². The third-order valence-electron chi connectivity index (χ3n) is 1.85. The van der Waals surface area contributed by atoms with E-state index >= 15 is 0 Å². The highest BCUT2D eigenvalue weighted by molar-refractivity contribution is 6.31. The number of hydrogen-bond donors (Lipinski definition) is 0. The van der Waals surface area contributed by atoms with E-state index in [0.29, 0.717) is 5.88 Å². The van der Waals surface area contributed by atoms with E-state index in [1.54, 1.807) is 0 Å². The molecule has 0 amide bonds. The predicted molar refractivity (Wildman–Crippen MR) is 61.6 cm³/mol. The Bertz CT molecular complexity index is 321. The van der Waals surface area contributed by atoms with Crippen LogP contribution in [0.3, 0.4) is 0 Å². The van der Waals surface area contributed by atoms with Gasteiger partial charge in [0.25, 0.3) is 0 Å². The van der Waals surface area contributed by atoms with Gasteiger partial charge in [0, 0.05) is 5.02 Å². The van der Waals surface area contributed by atoms with Crippen molar-refractivity contribution in [3.63, 3.8) is 0 Å². The van der Waals surface area contributed by atoms with Gasteiger partial charge in [0.15, 0.2) is 0 Å². The maximum Gasteiger partial charge on any atom is 0.120 e. The van der Waals surface area contributed by atoms with Gasteiger partial charge >= 0.3 is 0 Å².